The molecule has 0 saturated heterocycles. The molecule has 1 N–H and O–H groups in total. The van der Waals surface area contributed by atoms with Gasteiger partial charge in [0.15, 0.2) is 0 Å². The lowest BCUT2D eigenvalue weighted by Gasteiger charge is -2.15. The normalized spacial score (nSPS) is 22.4. The van der Waals surface area contributed by atoms with Gasteiger partial charge in [0.1, 0.15) is 5.75 Å². The largest absolute Gasteiger partial charge is 0.496 e. The molecule has 1 aliphatic carbocycles. The van der Waals surface area contributed by atoms with E-state index in [0.29, 0.717) is 0 Å². The third-order valence-corrected chi connectivity index (χ3v) is 3.78. The molecular formula is C14H18O3. The average Bonchev–Trinajstić information content (AvgIpc) is 3.04. The molecule has 0 aliphatic heterocycles. The second kappa shape index (κ2) is 4.06. The Morgan fingerprint density at radius 1 is 1.35 bits per heavy atom. The minimum atomic E-state index is -0.680. The zero-order valence-electron chi connectivity index (χ0n) is 10.7. The predicted octanol–water partition coefficient (Wildman–Crippen LogP) is 2.81. The number of carboxylic acids is 1. The maximum atomic E-state index is 10.9. The topological polar surface area (TPSA) is 46.5 Å². The van der Waals surface area contributed by atoms with Crippen LogP contribution in [0, 0.1) is 26.7 Å². The molecule has 17 heavy (non-hydrogen) atoms. The van der Waals surface area contributed by atoms with Gasteiger partial charge in [0.05, 0.1) is 13.0 Å². The van der Waals surface area contributed by atoms with Crippen LogP contribution in [0.1, 0.15) is 34.6 Å². The fourth-order valence-corrected chi connectivity index (χ4v) is 2.60. The van der Waals surface area contributed by atoms with Crippen LogP contribution in [0.3, 0.4) is 0 Å². The molecule has 0 amide bonds. The standard InChI is InChI=1S/C14H18O3/c1-7-5-10(11-6-12(11)14(15)16)8(2)9(3)13(7)17-4/h5,11-12H,6H2,1-4H3,(H,15,16). The van der Waals surface area contributed by atoms with Crippen LogP contribution < -0.4 is 4.74 Å². The van der Waals surface area contributed by atoms with Crippen LogP contribution in [-0.4, -0.2) is 18.2 Å². The van der Waals surface area contributed by atoms with Crippen LogP contribution in [0.5, 0.6) is 5.75 Å². The number of ether oxygens (including phenoxy) is 1. The number of hydrogen-bond acceptors (Lipinski definition) is 2. The highest BCUT2D eigenvalue weighted by atomic mass is 16.5. The first-order chi connectivity index (χ1) is 7.97. The van der Waals surface area contributed by atoms with Crippen LogP contribution >= 0.6 is 0 Å². The maximum absolute atomic E-state index is 10.9. The van der Waals surface area contributed by atoms with E-state index in [2.05, 4.69) is 6.07 Å². The summed E-state index contributed by atoms with van der Waals surface area (Å²) in [5.74, 6) is 0.232. The van der Waals surface area contributed by atoms with E-state index in [0.717, 1.165) is 23.3 Å². The monoisotopic (exact) mass is 234 g/mol. The quantitative estimate of drug-likeness (QED) is 0.874. The zero-order chi connectivity index (χ0) is 12.7. The molecule has 2 unspecified atom stereocenters. The Morgan fingerprint density at radius 2 is 2.00 bits per heavy atom. The van der Waals surface area contributed by atoms with E-state index in [1.54, 1.807) is 7.11 Å². The Kier molecular flexibility index (Phi) is 2.86. The molecule has 0 radical (unpaired) electrons. The second-order valence-corrected chi connectivity index (χ2v) is 4.85. The van der Waals surface area contributed by atoms with Crippen molar-refractivity contribution in [2.45, 2.75) is 33.1 Å². The minimum absolute atomic E-state index is 0.191. The summed E-state index contributed by atoms with van der Waals surface area (Å²) < 4.78 is 5.37. The summed E-state index contributed by atoms with van der Waals surface area (Å²) in [5, 5.41) is 8.99. The first-order valence-electron chi connectivity index (χ1n) is 5.84. The Hall–Kier alpha value is -1.51. The smallest absolute Gasteiger partial charge is 0.307 e. The fourth-order valence-electron chi connectivity index (χ4n) is 2.60. The summed E-state index contributed by atoms with van der Waals surface area (Å²) in [5.41, 5.74) is 4.55. The minimum Gasteiger partial charge on any atom is -0.496 e. The van der Waals surface area contributed by atoms with Crippen molar-refractivity contribution in [3.8, 4) is 5.75 Å². The van der Waals surface area contributed by atoms with Gasteiger partial charge in [-0.3, -0.25) is 4.79 Å². The highest BCUT2D eigenvalue weighted by Crippen LogP contribution is 2.50. The lowest BCUT2D eigenvalue weighted by atomic mass is 9.95. The van der Waals surface area contributed by atoms with Crippen molar-refractivity contribution in [3.05, 3.63) is 28.3 Å². The van der Waals surface area contributed by atoms with Gasteiger partial charge in [0.2, 0.25) is 0 Å². The molecule has 1 saturated carbocycles. The molecular weight excluding hydrogens is 216 g/mol. The van der Waals surface area contributed by atoms with E-state index in [4.69, 9.17) is 9.84 Å². The summed E-state index contributed by atoms with van der Waals surface area (Å²) in [6.45, 7) is 6.08. The van der Waals surface area contributed by atoms with E-state index in [9.17, 15) is 4.79 Å². The number of aryl methyl sites for hydroxylation is 1. The summed E-state index contributed by atoms with van der Waals surface area (Å²) >= 11 is 0. The summed E-state index contributed by atoms with van der Waals surface area (Å²) in [7, 11) is 1.67. The highest BCUT2D eigenvalue weighted by molar-refractivity contribution is 5.75. The molecule has 3 heteroatoms. The number of benzene rings is 1. The van der Waals surface area contributed by atoms with Gasteiger partial charge < -0.3 is 9.84 Å². The van der Waals surface area contributed by atoms with Crippen molar-refractivity contribution in [1.29, 1.82) is 0 Å². The summed E-state index contributed by atoms with van der Waals surface area (Å²) in [6.07, 6.45) is 0.765. The highest BCUT2D eigenvalue weighted by Gasteiger charge is 2.45. The molecule has 2 rings (SSSR count). The first kappa shape index (κ1) is 12.0. The fraction of sp³-hybridized carbons (Fsp3) is 0.500. The third kappa shape index (κ3) is 1.90. The van der Waals surface area contributed by atoms with Gasteiger partial charge >= 0.3 is 5.97 Å². The first-order valence-corrected chi connectivity index (χ1v) is 5.84. The Balaban J connectivity index is 2.41. The van der Waals surface area contributed by atoms with Crippen molar-refractivity contribution in [1.82, 2.24) is 0 Å². The van der Waals surface area contributed by atoms with Gasteiger partial charge in [-0.1, -0.05) is 6.07 Å². The van der Waals surface area contributed by atoms with Gasteiger partial charge in [-0.25, -0.2) is 0 Å². The second-order valence-electron chi connectivity index (χ2n) is 4.85. The van der Waals surface area contributed by atoms with Crippen LogP contribution in [0.4, 0.5) is 0 Å². The number of methoxy groups -OCH3 is 1. The lowest BCUT2D eigenvalue weighted by molar-refractivity contribution is -0.138. The number of rotatable bonds is 3. The van der Waals surface area contributed by atoms with E-state index >= 15 is 0 Å². The van der Waals surface area contributed by atoms with Gasteiger partial charge in [-0.15, -0.1) is 0 Å². The van der Waals surface area contributed by atoms with Crippen molar-refractivity contribution < 1.29 is 14.6 Å². The summed E-state index contributed by atoms with van der Waals surface area (Å²) in [6, 6.07) is 2.08. The molecule has 1 aromatic rings. The zero-order valence-corrected chi connectivity index (χ0v) is 10.7. The molecule has 92 valence electrons. The van der Waals surface area contributed by atoms with Crippen molar-refractivity contribution in [2.24, 2.45) is 5.92 Å². The number of aliphatic carboxylic acids is 1. The van der Waals surface area contributed by atoms with Crippen LogP contribution in [0.25, 0.3) is 0 Å². The molecule has 1 aliphatic rings. The van der Waals surface area contributed by atoms with Gasteiger partial charge in [0.25, 0.3) is 0 Å². The van der Waals surface area contributed by atoms with Crippen molar-refractivity contribution >= 4 is 5.97 Å². The van der Waals surface area contributed by atoms with E-state index < -0.39 is 5.97 Å². The van der Waals surface area contributed by atoms with Gasteiger partial charge in [-0.05, 0) is 55.4 Å². The SMILES string of the molecule is COc1c(C)cc(C2CC2C(=O)O)c(C)c1C. The molecule has 2 atom stereocenters. The van der Waals surface area contributed by atoms with E-state index in [1.165, 1.54) is 11.1 Å². The van der Waals surface area contributed by atoms with E-state index in [-0.39, 0.29) is 11.8 Å². The van der Waals surface area contributed by atoms with Crippen LogP contribution in [0.2, 0.25) is 0 Å². The Bertz CT molecular complexity index is 477. The van der Waals surface area contributed by atoms with E-state index in [1.807, 2.05) is 20.8 Å². The maximum Gasteiger partial charge on any atom is 0.307 e. The van der Waals surface area contributed by atoms with Gasteiger partial charge in [0, 0.05) is 0 Å². The number of carbonyl (C=O) groups is 1. The molecule has 0 bridgehead atoms. The summed E-state index contributed by atoms with van der Waals surface area (Å²) in [4.78, 5) is 10.9. The number of hydrogen-bond donors (Lipinski definition) is 1. The lowest BCUT2D eigenvalue weighted by Crippen LogP contribution is -2.02. The number of carboxylic acid groups (broad SMARTS) is 1. The van der Waals surface area contributed by atoms with Crippen LogP contribution in [-0.2, 0) is 4.79 Å². The molecule has 3 nitrogen and oxygen atoms in total. The molecule has 0 aromatic heterocycles. The van der Waals surface area contributed by atoms with Gasteiger partial charge in [-0.2, -0.15) is 0 Å². The van der Waals surface area contributed by atoms with Crippen molar-refractivity contribution in [2.75, 3.05) is 7.11 Å². The molecule has 0 heterocycles. The molecule has 1 aromatic carbocycles. The Labute approximate surface area is 101 Å². The molecule has 1 fully saturated rings. The average molecular weight is 234 g/mol. The third-order valence-electron chi connectivity index (χ3n) is 3.78. The van der Waals surface area contributed by atoms with Crippen molar-refractivity contribution in [3.63, 3.8) is 0 Å². The predicted molar refractivity (Wildman–Crippen MR) is 65.7 cm³/mol. The Morgan fingerprint density at radius 3 is 2.47 bits per heavy atom. The molecule has 0 spiro atoms. The van der Waals surface area contributed by atoms with Crippen LogP contribution in [0.15, 0.2) is 6.07 Å².